The van der Waals surface area contributed by atoms with Crippen LogP contribution in [-0.4, -0.2) is 24.9 Å². The summed E-state index contributed by atoms with van der Waals surface area (Å²) in [5.41, 5.74) is 1.87. The average Bonchev–Trinajstić information content (AvgIpc) is 2.60. The van der Waals surface area contributed by atoms with Crippen molar-refractivity contribution in [1.29, 1.82) is 0 Å². The number of hydrogen-bond acceptors (Lipinski definition) is 2. The van der Waals surface area contributed by atoms with Gasteiger partial charge in [0.05, 0.1) is 13.0 Å². The predicted octanol–water partition coefficient (Wildman–Crippen LogP) is 1.90. The van der Waals surface area contributed by atoms with Gasteiger partial charge in [0, 0.05) is 18.5 Å². The van der Waals surface area contributed by atoms with Gasteiger partial charge in [-0.05, 0) is 17.7 Å². The van der Waals surface area contributed by atoms with Gasteiger partial charge in [0.2, 0.25) is 11.8 Å². The molecule has 24 heavy (non-hydrogen) atoms. The fraction of sp³-hybridized carbons (Fsp3) is 0.200. The Kier molecular flexibility index (Phi) is 7.10. The van der Waals surface area contributed by atoms with Crippen LogP contribution in [0.15, 0.2) is 60.7 Å². The minimum absolute atomic E-state index is 0.0853. The second-order valence-corrected chi connectivity index (χ2v) is 5.21. The van der Waals surface area contributed by atoms with Gasteiger partial charge in [0.1, 0.15) is 0 Å². The smallest absolute Gasteiger partial charge is 0.224 e. The third kappa shape index (κ3) is 6.80. The van der Waals surface area contributed by atoms with Crippen LogP contribution in [-0.2, 0) is 16.0 Å². The van der Waals surface area contributed by atoms with E-state index in [0.29, 0.717) is 19.5 Å². The molecule has 0 aliphatic rings. The molecule has 0 saturated carbocycles. The summed E-state index contributed by atoms with van der Waals surface area (Å²) in [5, 5.41) is 5.46. The summed E-state index contributed by atoms with van der Waals surface area (Å²) in [6, 6.07) is 19.1. The third-order valence-electron chi connectivity index (χ3n) is 3.26. The van der Waals surface area contributed by atoms with Crippen molar-refractivity contribution in [3.05, 3.63) is 71.8 Å². The van der Waals surface area contributed by atoms with E-state index in [4.69, 9.17) is 0 Å². The van der Waals surface area contributed by atoms with E-state index >= 15 is 0 Å². The number of carbonyl (C=O) groups excluding carboxylic acids is 2. The lowest BCUT2D eigenvalue weighted by atomic mass is 10.1. The van der Waals surface area contributed by atoms with E-state index in [2.05, 4.69) is 22.5 Å². The van der Waals surface area contributed by atoms with Crippen LogP contribution in [0.25, 0.3) is 0 Å². The number of amides is 2. The van der Waals surface area contributed by atoms with E-state index in [-0.39, 0.29) is 18.2 Å². The van der Waals surface area contributed by atoms with Crippen LogP contribution in [0.5, 0.6) is 0 Å². The molecule has 0 atom stereocenters. The van der Waals surface area contributed by atoms with Crippen molar-refractivity contribution in [3.63, 3.8) is 0 Å². The Labute approximate surface area is 142 Å². The molecule has 0 spiro atoms. The highest BCUT2D eigenvalue weighted by Gasteiger charge is 2.04. The molecule has 2 amide bonds. The Hall–Kier alpha value is -3.06. The van der Waals surface area contributed by atoms with E-state index in [1.807, 2.05) is 60.7 Å². The molecule has 2 aromatic carbocycles. The van der Waals surface area contributed by atoms with E-state index in [9.17, 15) is 9.59 Å². The summed E-state index contributed by atoms with van der Waals surface area (Å²) < 4.78 is 0. The minimum Gasteiger partial charge on any atom is -0.355 e. The van der Waals surface area contributed by atoms with Gasteiger partial charge in [-0.1, -0.05) is 60.4 Å². The molecule has 0 heterocycles. The monoisotopic (exact) mass is 320 g/mol. The SMILES string of the molecule is O=C(CCNC(=O)Cc1ccccc1)NCC#Cc1ccccc1. The van der Waals surface area contributed by atoms with Gasteiger partial charge in [-0.25, -0.2) is 0 Å². The molecule has 2 N–H and O–H groups in total. The van der Waals surface area contributed by atoms with Crippen molar-refractivity contribution in [2.45, 2.75) is 12.8 Å². The van der Waals surface area contributed by atoms with Crippen molar-refractivity contribution >= 4 is 11.8 Å². The lowest BCUT2D eigenvalue weighted by Gasteiger charge is -2.05. The highest BCUT2D eigenvalue weighted by atomic mass is 16.2. The number of hydrogen-bond donors (Lipinski definition) is 2. The molecule has 4 heteroatoms. The first-order valence-electron chi connectivity index (χ1n) is 7.85. The van der Waals surface area contributed by atoms with Crippen molar-refractivity contribution in [2.75, 3.05) is 13.1 Å². The molecule has 122 valence electrons. The van der Waals surface area contributed by atoms with E-state index in [1.54, 1.807) is 0 Å². The predicted molar refractivity (Wildman–Crippen MR) is 94.1 cm³/mol. The summed E-state index contributed by atoms with van der Waals surface area (Å²) in [6.45, 7) is 0.620. The zero-order valence-corrected chi connectivity index (χ0v) is 13.4. The van der Waals surface area contributed by atoms with Gasteiger partial charge < -0.3 is 10.6 Å². The first-order chi connectivity index (χ1) is 11.7. The van der Waals surface area contributed by atoms with Gasteiger partial charge in [0.25, 0.3) is 0 Å². The summed E-state index contributed by atoms with van der Waals surface area (Å²) in [7, 11) is 0. The molecule has 0 fully saturated rings. The van der Waals surface area contributed by atoms with Crippen LogP contribution in [0.3, 0.4) is 0 Å². The second kappa shape index (κ2) is 9.86. The van der Waals surface area contributed by atoms with Crippen LogP contribution in [0, 0.1) is 11.8 Å². The van der Waals surface area contributed by atoms with Gasteiger partial charge in [0.15, 0.2) is 0 Å². The van der Waals surface area contributed by atoms with Gasteiger partial charge in [-0.3, -0.25) is 9.59 Å². The van der Waals surface area contributed by atoms with Gasteiger partial charge >= 0.3 is 0 Å². The minimum atomic E-state index is -0.127. The molecule has 0 saturated heterocycles. The second-order valence-electron chi connectivity index (χ2n) is 5.21. The molecule has 2 aromatic rings. The number of nitrogens with one attached hydrogen (secondary N) is 2. The van der Waals surface area contributed by atoms with Gasteiger partial charge in [-0.2, -0.15) is 0 Å². The van der Waals surface area contributed by atoms with E-state index in [1.165, 1.54) is 0 Å². The summed E-state index contributed by atoms with van der Waals surface area (Å²) >= 11 is 0. The molecular weight excluding hydrogens is 300 g/mol. The molecule has 0 radical (unpaired) electrons. The fourth-order valence-corrected chi connectivity index (χ4v) is 2.06. The van der Waals surface area contributed by atoms with Crippen molar-refractivity contribution in [1.82, 2.24) is 10.6 Å². The maximum Gasteiger partial charge on any atom is 0.224 e. The summed E-state index contributed by atoms with van der Waals surface area (Å²) in [6.07, 6.45) is 0.568. The molecule has 0 aliphatic heterocycles. The van der Waals surface area contributed by atoms with Crippen molar-refractivity contribution in [2.24, 2.45) is 0 Å². The zero-order valence-electron chi connectivity index (χ0n) is 13.4. The topological polar surface area (TPSA) is 58.2 Å². The normalized spacial score (nSPS) is 9.50. The largest absolute Gasteiger partial charge is 0.355 e. The van der Waals surface area contributed by atoms with E-state index < -0.39 is 0 Å². The molecule has 0 bridgehead atoms. The first kappa shape index (κ1) is 17.3. The Bertz CT molecular complexity index is 716. The standard InChI is InChI=1S/C20H20N2O2/c23-19(21-14-7-12-17-8-3-1-4-9-17)13-15-22-20(24)16-18-10-5-2-6-11-18/h1-6,8-11H,13-16H2,(H,21,23)(H,22,24). The number of rotatable bonds is 6. The van der Waals surface area contributed by atoms with Crippen LogP contribution >= 0.6 is 0 Å². The Morgan fingerprint density at radius 2 is 1.50 bits per heavy atom. The van der Waals surface area contributed by atoms with Crippen LogP contribution in [0.2, 0.25) is 0 Å². The van der Waals surface area contributed by atoms with Crippen LogP contribution in [0.1, 0.15) is 17.5 Å². The Morgan fingerprint density at radius 1 is 0.833 bits per heavy atom. The lowest BCUT2D eigenvalue weighted by molar-refractivity contribution is -0.121. The van der Waals surface area contributed by atoms with Crippen LogP contribution in [0.4, 0.5) is 0 Å². The van der Waals surface area contributed by atoms with E-state index in [0.717, 1.165) is 11.1 Å². The molecule has 4 nitrogen and oxygen atoms in total. The summed E-state index contributed by atoms with van der Waals surface area (Å²) in [5.74, 6) is 5.65. The highest BCUT2D eigenvalue weighted by Crippen LogP contribution is 1.99. The molecule has 0 unspecified atom stereocenters. The molecule has 0 aliphatic carbocycles. The number of benzene rings is 2. The first-order valence-corrected chi connectivity index (χ1v) is 7.85. The number of carbonyl (C=O) groups is 2. The average molecular weight is 320 g/mol. The fourth-order valence-electron chi connectivity index (χ4n) is 2.06. The molecule has 0 aromatic heterocycles. The highest BCUT2D eigenvalue weighted by molar-refractivity contribution is 5.80. The quantitative estimate of drug-likeness (QED) is 0.799. The van der Waals surface area contributed by atoms with Gasteiger partial charge in [-0.15, -0.1) is 0 Å². The Balaban J connectivity index is 1.60. The van der Waals surface area contributed by atoms with Crippen molar-refractivity contribution < 1.29 is 9.59 Å². The maximum absolute atomic E-state index is 11.7. The zero-order chi connectivity index (χ0) is 17.0. The Morgan fingerprint density at radius 3 is 2.21 bits per heavy atom. The third-order valence-corrected chi connectivity index (χ3v) is 3.26. The summed E-state index contributed by atoms with van der Waals surface area (Å²) in [4.78, 5) is 23.4. The lowest BCUT2D eigenvalue weighted by Crippen LogP contribution is -2.31. The molecule has 2 rings (SSSR count). The van der Waals surface area contributed by atoms with Crippen LogP contribution < -0.4 is 10.6 Å². The molecular formula is C20H20N2O2. The van der Waals surface area contributed by atoms with Crippen molar-refractivity contribution in [3.8, 4) is 11.8 Å². The maximum atomic E-state index is 11.7.